The van der Waals surface area contributed by atoms with Crippen LogP contribution in [0.3, 0.4) is 0 Å². The SMILES string of the molecule is CCOC(=O)c1nnn(CC(C)(O)c2ccccc2)c1C. The van der Waals surface area contributed by atoms with Gasteiger partial charge >= 0.3 is 5.97 Å². The molecule has 2 rings (SSSR count). The number of ether oxygens (including phenoxy) is 1. The molecule has 0 amide bonds. The molecule has 2 aromatic rings. The lowest BCUT2D eigenvalue weighted by molar-refractivity contribution is 0.0333. The molecule has 1 unspecified atom stereocenters. The highest BCUT2D eigenvalue weighted by atomic mass is 16.5. The first-order valence-electron chi connectivity index (χ1n) is 6.81. The molecule has 0 radical (unpaired) electrons. The number of hydrogen-bond donors (Lipinski definition) is 1. The molecule has 1 heterocycles. The Morgan fingerprint density at radius 1 is 1.38 bits per heavy atom. The molecule has 1 N–H and O–H groups in total. The van der Waals surface area contributed by atoms with Gasteiger partial charge in [-0.15, -0.1) is 5.10 Å². The molecule has 6 heteroatoms. The molecule has 1 aromatic heterocycles. The Balaban J connectivity index is 2.22. The summed E-state index contributed by atoms with van der Waals surface area (Å²) < 4.78 is 6.43. The molecule has 0 saturated carbocycles. The maximum atomic E-state index is 11.7. The van der Waals surface area contributed by atoms with Crippen LogP contribution in [0.4, 0.5) is 0 Å². The predicted octanol–water partition coefficient (Wildman–Crippen LogP) is 1.67. The largest absolute Gasteiger partial charge is 0.461 e. The molecular weight excluding hydrogens is 270 g/mol. The van der Waals surface area contributed by atoms with Crippen LogP contribution < -0.4 is 0 Å². The molecular formula is C15H19N3O3. The number of nitrogens with zero attached hydrogens (tertiary/aromatic N) is 3. The van der Waals surface area contributed by atoms with Crippen molar-refractivity contribution in [2.75, 3.05) is 6.61 Å². The first-order valence-corrected chi connectivity index (χ1v) is 6.81. The molecule has 0 aliphatic heterocycles. The minimum absolute atomic E-state index is 0.181. The van der Waals surface area contributed by atoms with Gasteiger partial charge in [0.2, 0.25) is 0 Å². The third kappa shape index (κ3) is 3.28. The van der Waals surface area contributed by atoms with Crippen LogP contribution in [0.15, 0.2) is 30.3 Å². The van der Waals surface area contributed by atoms with Gasteiger partial charge in [0.15, 0.2) is 5.69 Å². The van der Waals surface area contributed by atoms with Gasteiger partial charge in [0.05, 0.1) is 18.8 Å². The lowest BCUT2D eigenvalue weighted by atomic mass is 9.96. The maximum absolute atomic E-state index is 11.7. The molecule has 1 atom stereocenters. The fraction of sp³-hybridized carbons (Fsp3) is 0.400. The van der Waals surface area contributed by atoms with E-state index in [-0.39, 0.29) is 18.8 Å². The van der Waals surface area contributed by atoms with E-state index < -0.39 is 11.6 Å². The Morgan fingerprint density at radius 2 is 2.05 bits per heavy atom. The lowest BCUT2D eigenvalue weighted by Gasteiger charge is -2.24. The summed E-state index contributed by atoms with van der Waals surface area (Å²) in [5, 5.41) is 18.4. The molecule has 21 heavy (non-hydrogen) atoms. The van der Waals surface area contributed by atoms with E-state index >= 15 is 0 Å². The molecule has 0 bridgehead atoms. The number of aromatic nitrogens is 3. The monoisotopic (exact) mass is 289 g/mol. The Morgan fingerprint density at radius 3 is 2.67 bits per heavy atom. The van der Waals surface area contributed by atoms with E-state index in [2.05, 4.69) is 10.3 Å². The van der Waals surface area contributed by atoms with Crippen molar-refractivity contribution in [2.24, 2.45) is 0 Å². The maximum Gasteiger partial charge on any atom is 0.360 e. The third-order valence-electron chi connectivity index (χ3n) is 3.30. The molecule has 112 valence electrons. The summed E-state index contributed by atoms with van der Waals surface area (Å²) in [4.78, 5) is 11.7. The van der Waals surface area contributed by atoms with Crippen LogP contribution >= 0.6 is 0 Å². The number of aliphatic hydroxyl groups is 1. The average molecular weight is 289 g/mol. The summed E-state index contributed by atoms with van der Waals surface area (Å²) in [6, 6.07) is 9.31. The van der Waals surface area contributed by atoms with Crippen LogP contribution in [-0.2, 0) is 16.9 Å². The van der Waals surface area contributed by atoms with E-state index in [1.165, 1.54) is 4.68 Å². The summed E-state index contributed by atoms with van der Waals surface area (Å²) in [5.41, 5.74) is 0.425. The fourth-order valence-electron chi connectivity index (χ4n) is 2.08. The van der Waals surface area contributed by atoms with E-state index in [0.717, 1.165) is 5.56 Å². The predicted molar refractivity (Wildman–Crippen MR) is 76.7 cm³/mol. The highest BCUT2D eigenvalue weighted by Crippen LogP contribution is 2.23. The van der Waals surface area contributed by atoms with E-state index in [1.54, 1.807) is 20.8 Å². The van der Waals surface area contributed by atoms with Crippen molar-refractivity contribution in [1.82, 2.24) is 15.0 Å². The van der Waals surface area contributed by atoms with Gasteiger partial charge < -0.3 is 9.84 Å². The third-order valence-corrected chi connectivity index (χ3v) is 3.30. The van der Waals surface area contributed by atoms with Crippen molar-refractivity contribution in [2.45, 2.75) is 32.9 Å². The Hall–Kier alpha value is -2.21. The van der Waals surface area contributed by atoms with Crippen molar-refractivity contribution in [3.05, 3.63) is 47.3 Å². The Labute approximate surface area is 123 Å². The molecule has 0 aliphatic carbocycles. The minimum Gasteiger partial charge on any atom is -0.461 e. The molecule has 0 saturated heterocycles. The summed E-state index contributed by atoms with van der Waals surface area (Å²) in [6.45, 7) is 5.65. The Kier molecular flexibility index (Phi) is 4.37. The lowest BCUT2D eigenvalue weighted by Crippen LogP contribution is -2.29. The number of rotatable bonds is 5. The second-order valence-corrected chi connectivity index (χ2v) is 5.04. The van der Waals surface area contributed by atoms with Crippen molar-refractivity contribution in [1.29, 1.82) is 0 Å². The van der Waals surface area contributed by atoms with Gasteiger partial charge in [-0.1, -0.05) is 35.5 Å². The van der Waals surface area contributed by atoms with Gasteiger partial charge in [-0.3, -0.25) is 0 Å². The Bertz CT molecular complexity index is 620. The van der Waals surface area contributed by atoms with Crippen LogP contribution in [-0.4, -0.2) is 32.7 Å². The zero-order valence-corrected chi connectivity index (χ0v) is 12.4. The van der Waals surface area contributed by atoms with Gasteiger partial charge in [0.25, 0.3) is 0 Å². The van der Waals surface area contributed by atoms with E-state index in [0.29, 0.717) is 5.69 Å². The van der Waals surface area contributed by atoms with Crippen LogP contribution in [0.1, 0.15) is 35.6 Å². The zero-order valence-electron chi connectivity index (χ0n) is 12.4. The van der Waals surface area contributed by atoms with Gasteiger partial charge in [0, 0.05) is 0 Å². The summed E-state index contributed by atoms with van der Waals surface area (Å²) >= 11 is 0. The highest BCUT2D eigenvalue weighted by Gasteiger charge is 2.27. The summed E-state index contributed by atoms with van der Waals surface area (Å²) in [6.07, 6.45) is 0. The number of esters is 1. The van der Waals surface area contributed by atoms with Crippen LogP contribution in [0.5, 0.6) is 0 Å². The topological polar surface area (TPSA) is 77.2 Å². The second-order valence-electron chi connectivity index (χ2n) is 5.04. The summed E-state index contributed by atoms with van der Waals surface area (Å²) in [7, 11) is 0. The van der Waals surface area contributed by atoms with Crippen LogP contribution in [0.2, 0.25) is 0 Å². The molecule has 0 fully saturated rings. The van der Waals surface area contributed by atoms with Crippen molar-refractivity contribution < 1.29 is 14.6 Å². The molecule has 6 nitrogen and oxygen atoms in total. The van der Waals surface area contributed by atoms with Gasteiger partial charge in [-0.2, -0.15) is 0 Å². The molecule has 0 aliphatic rings. The second kappa shape index (κ2) is 6.05. The van der Waals surface area contributed by atoms with Crippen LogP contribution in [0, 0.1) is 6.92 Å². The van der Waals surface area contributed by atoms with Crippen molar-refractivity contribution in [3.63, 3.8) is 0 Å². The number of carbonyl (C=O) groups is 1. The summed E-state index contributed by atoms with van der Waals surface area (Å²) in [5.74, 6) is -0.499. The quantitative estimate of drug-likeness (QED) is 0.847. The van der Waals surface area contributed by atoms with Gasteiger partial charge in [-0.05, 0) is 26.3 Å². The number of hydrogen-bond acceptors (Lipinski definition) is 5. The smallest absolute Gasteiger partial charge is 0.360 e. The minimum atomic E-state index is -1.11. The number of benzene rings is 1. The van der Waals surface area contributed by atoms with E-state index in [1.807, 2.05) is 30.3 Å². The van der Waals surface area contributed by atoms with E-state index in [4.69, 9.17) is 4.74 Å². The standard InChI is InChI=1S/C15H19N3O3/c1-4-21-14(19)13-11(2)18(17-16-13)10-15(3,20)12-8-6-5-7-9-12/h5-9,20H,4,10H2,1-3H3. The normalized spacial score (nSPS) is 13.7. The molecule has 1 aromatic carbocycles. The van der Waals surface area contributed by atoms with Crippen molar-refractivity contribution in [3.8, 4) is 0 Å². The highest BCUT2D eigenvalue weighted by molar-refractivity contribution is 5.88. The van der Waals surface area contributed by atoms with E-state index in [9.17, 15) is 9.90 Å². The number of carbonyl (C=O) groups excluding carboxylic acids is 1. The first-order chi connectivity index (χ1) is 9.95. The van der Waals surface area contributed by atoms with Gasteiger partial charge in [0.1, 0.15) is 5.60 Å². The fourth-order valence-corrected chi connectivity index (χ4v) is 2.08. The van der Waals surface area contributed by atoms with Gasteiger partial charge in [-0.25, -0.2) is 9.48 Å². The van der Waals surface area contributed by atoms with Crippen LogP contribution in [0.25, 0.3) is 0 Å². The van der Waals surface area contributed by atoms with Crippen molar-refractivity contribution >= 4 is 5.97 Å². The first kappa shape index (κ1) is 15.2. The average Bonchev–Trinajstić information content (AvgIpc) is 2.81. The zero-order chi connectivity index (χ0) is 15.5. The molecule has 0 spiro atoms.